The molecule has 0 bridgehead atoms. The van der Waals surface area contributed by atoms with Crippen LogP contribution < -0.4 is 5.73 Å². The molecule has 0 atom stereocenters. The van der Waals surface area contributed by atoms with Crippen molar-refractivity contribution in [2.45, 2.75) is 31.7 Å². The minimum Gasteiger partial charge on any atom is -0.383 e. The SMILES string of the molecule is COCCN(C)C(N)=NC1CCCC1. The van der Waals surface area contributed by atoms with Gasteiger partial charge in [-0.3, -0.25) is 0 Å². The maximum atomic E-state index is 5.86. The van der Waals surface area contributed by atoms with Gasteiger partial charge in [-0.25, -0.2) is 4.99 Å². The summed E-state index contributed by atoms with van der Waals surface area (Å²) in [6.07, 6.45) is 4.98. The number of nitrogens with zero attached hydrogens (tertiary/aromatic N) is 2. The Morgan fingerprint density at radius 3 is 2.71 bits per heavy atom. The Kier molecular flexibility index (Phi) is 4.73. The average Bonchev–Trinajstić information content (AvgIpc) is 2.66. The molecule has 1 fully saturated rings. The highest BCUT2D eigenvalue weighted by Crippen LogP contribution is 2.20. The largest absolute Gasteiger partial charge is 0.383 e. The average molecular weight is 199 g/mol. The van der Waals surface area contributed by atoms with Crippen molar-refractivity contribution in [3.8, 4) is 0 Å². The minimum absolute atomic E-state index is 0.458. The summed E-state index contributed by atoms with van der Waals surface area (Å²) in [5.41, 5.74) is 5.86. The molecule has 0 saturated heterocycles. The fourth-order valence-electron chi connectivity index (χ4n) is 1.66. The second-order valence-electron chi connectivity index (χ2n) is 3.84. The zero-order valence-electron chi connectivity index (χ0n) is 9.20. The number of hydrogen-bond acceptors (Lipinski definition) is 2. The van der Waals surface area contributed by atoms with Crippen LogP contribution >= 0.6 is 0 Å². The molecule has 0 aromatic rings. The molecule has 1 aliphatic carbocycles. The molecule has 0 amide bonds. The van der Waals surface area contributed by atoms with E-state index in [1.54, 1.807) is 7.11 Å². The van der Waals surface area contributed by atoms with Gasteiger partial charge in [0.25, 0.3) is 0 Å². The molecule has 0 aromatic heterocycles. The fraction of sp³-hybridized carbons (Fsp3) is 0.900. The number of nitrogens with two attached hydrogens (primary N) is 1. The van der Waals surface area contributed by atoms with E-state index in [-0.39, 0.29) is 0 Å². The first kappa shape index (κ1) is 11.3. The zero-order valence-corrected chi connectivity index (χ0v) is 9.20. The molecule has 4 nitrogen and oxygen atoms in total. The maximum absolute atomic E-state index is 5.86. The molecule has 0 heterocycles. The van der Waals surface area contributed by atoms with Crippen LogP contribution in [-0.4, -0.2) is 44.2 Å². The molecule has 0 radical (unpaired) electrons. The molecule has 0 spiro atoms. The number of aliphatic imine (C=N–C) groups is 1. The van der Waals surface area contributed by atoms with E-state index in [1.165, 1.54) is 25.7 Å². The Hall–Kier alpha value is -0.770. The van der Waals surface area contributed by atoms with Crippen LogP contribution in [0.4, 0.5) is 0 Å². The van der Waals surface area contributed by atoms with Crippen LogP contribution in [0.25, 0.3) is 0 Å². The van der Waals surface area contributed by atoms with E-state index in [0.29, 0.717) is 18.6 Å². The maximum Gasteiger partial charge on any atom is 0.191 e. The first-order chi connectivity index (χ1) is 6.74. The van der Waals surface area contributed by atoms with Gasteiger partial charge >= 0.3 is 0 Å². The predicted octanol–water partition coefficient (Wildman–Crippen LogP) is 0.822. The highest BCUT2D eigenvalue weighted by molar-refractivity contribution is 5.77. The molecular weight excluding hydrogens is 178 g/mol. The van der Waals surface area contributed by atoms with Crippen molar-refractivity contribution in [1.29, 1.82) is 0 Å². The van der Waals surface area contributed by atoms with Gasteiger partial charge in [-0.15, -0.1) is 0 Å². The van der Waals surface area contributed by atoms with Crippen LogP contribution in [0.2, 0.25) is 0 Å². The van der Waals surface area contributed by atoms with Crippen LogP contribution in [0.3, 0.4) is 0 Å². The predicted molar refractivity (Wildman–Crippen MR) is 58.4 cm³/mol. The topological polar surface area (TPSA) is 50.9 Å². The van der Waals surface area contributed by atoms with Gasteiger partial charge in [0.05, 0.1) is 12.6 Å². The van der Waals surface area contributed by atoms with E-state index in [9.17, 15) is 0 Å². The van der Waals surface area contributed by atoms with Crippen molar-refractivity contribution in [3.63, 3.8) is 0 Å². The third kappa shape index (κ3) is 3.54. The summed E-state index contributed by atoms with van der Waals surface area (Å²) in [5, 5.41) is 0. The van der Waals surface area contributed by atoms with Crippen molar-refractivity contribution in [2.24, 2.45) is 10.7 Å². The first-order valence-corrected chi connectivity index (χ1v) is 5.27. The van der Waals surface area contributed by atoms with Crippen LogP contribution in [-0.2, 0) is 4.74 Å². The summed E-state index contributed by atoms with van der Waals surface area (Å²) >= 11 is 0. The second-order valence-corrected chi connectivity index (χ2v) is 3.84. The summed E-state index contributed by atoms with van der Waals surface area (Å²) in [5.74, 6) is 0.647. The molecule has 4 heteroatoms. The molecule has 1 aliphatic rings. The third-order valence-electron chi connectivity index (χ3n) is 2.66. The lowest BCUT2D eigenvalue weighted by Gasteiger charge is -2.18. The summed E-state index contributed by atoms with van der Waals surface area (Å²) in [6.45, 7) is 1.50. The number of likely N-dealkylation sites (N-methyl/N-ethyl adjacent to an activating group) is 1. The fourth-order valence-corrected chi connectivity index (χ4v) is 1.66. The van der Waals surface area contributed by atoms with E-state index in [0.717, 1.165) is 6.54 Å². The molecule has 0 unspecified atom stereocenters. The van der Waals surface area contributed by atoms with E-state index in [1.807, 2.05) is 11.9 Å². The Morgan fingerprint density at radius 2 is 2.14 bits per heavy atom. The summed E-state index contributed by atoms with van der Waals surface area (Å²) < 4.78 is 4.98. The number of methoxy groups -OCH3 is 1. The molecule has 0 aliphatic heterocycles. The van der Waals surface area contributed by atoms with Gasteiger partial charge in [-0.1, -0.05) is 12.8 Å². The lowest BCUT2D eigenvalue weighted by atomic mass is 10.3. The van der Waals surface area contributed by atoms with Crippen LogP contribution in [0, 0.1) is 0 Å². The van der Waals surface area contributed by atoms with E-state index >= 15 is 0 Å². The Morgan fingerprint density at radius 1 is 1.50 bits per heavy atom. The lowest BCUT2D eigenvalue weighted by Crippen LogP contribution is -2.37. The molecule has 14 heavy (non-hydrogen) atoms. The lowest BCUT2D eigenvalue weighted by molar-refractivity contribution is 0.182. The summed E-state index contributed by atoms with van der Waals surface area (Å²) in [6, 6.07) is 0.458. The first-order valence-electron chi connectivity index (χ1n) is 5.27. The van der Waals surface area contributed by atoms with Crippen LogP contribution in [0.15, 0.2) is 4.99 Å². The quantitative estimate of drug-likeness (QED) is 0.539. The van der Waals surface area contributed by atoms with Crippen molar-refractivity contribution in [1.82, 2.24) is 4.90 Å². The van der Waals surface area contributed by atoms with Gasteiger partial charge in [0.15, 0.2) is 5.96 Å². The van der Waals surface area contributed by atoms with E-state index < -0.39 is 0 Å². The van der Waals surface area contributed by atoms with Crippen molar-refractivity contribution >= 4 is 5.96 Å². The second kappa shape index (κ2) is 5.86. The summed E-state index contributed by atoms with van der Waals surface area (Å²) in [4.78, 5) is 6.44. The molecule has 82 valence electrons. The number of guanidine groups is 1. The molecule has 1 saturated carbocycles. The van der Waals surface area contributed by atoms with Gasteiger partial charge < -0.3 is 15.4 Å². The van der Waals surface area contributed by atoms with Crippen molar-refractivity contribution < 1.29 is 4.74 Å². The van der Waals surface area contributed by atoms with Crippen molar-refractivity contribution in [2.75, 3.05) is 27.3 Å². The number of ether oxygens (including phenoxy) is 1. The summed E-state index contributed by atoms with van der Waals surface area (Å²) in [7, 11) is 3.64. The molecule has 2 N–H and O–H groups in total. The Labute approximate surface area is 86.1 Å². The van der Waals surface area contributed by atoms with Crippen molar-refractivity contribution in [3.05, 3.63) is 0 Å². The van der Waals surface area contributed by atoms with Gasteiger partial charge in [-0.2, -0.15) is 0 Å². The molecular formula is C10H21N3O. The normalized spacial score (nSPS) is 18.9. The number of rotatable bonds is 4. The molecule has 1 rings (SSSR count). The minimum atomic E-state index is 0.458. The highest BCUT2D eigenvalue weighted by atomic mass is 16.5. The number of hydrogen-bond donors (Lipinski definition) is 1. The zero-order chi connectivity index (χ0) is 10.4. The van der Waals surface area contributed by atoms with Crippen LogP contribution in [0.5, 0.6) is 0 Å². The van der Waals surface area contributed by atoms with Gasteiger partial charge in [0, 0.05) is 20.7 Å². The Bertz CT molecular complexity index is 188. The Balaban J connectivity index is 2.33. The standard InChI is InChI=1S/C10H21N3O/c1-13(7-8-14-2)10(11)12-9-5-3-4-6-9/h9H,3-8H2,1-2H3,(H2,11,12). The van der Waals surface area contributed by atoms with E-state index in [2.05, 4.69) is 4.99 Å². The van der Waals surface area contributed by atoms with Crippen LogP contribution in [0.1, 0.15) is 25.7 Å². The third-order valence-corrected chi connectivity index (χ3v) is 2.66. The molecule has 0 aromatic carbocycles. The van der Waals surface area contributed by atoms with E-state index in [4.69, 9.17) is 10.5 Å². The van der Waals surface area contributed by atoms with Gasteiger partial charge in [-0.05, 0) is 12.8 Å². The highest BCUT2D eigenvalue weighted by Gasteiger charge is 2.14. The van der Waals surface area contributed by atoms with Gasteiger partial charge in [0.2, 0.25) is 0 Å². The monoisotopic (exact) mass is 199 g/mol. The van der Waals surface area contributed by atoms with Gasteiger partial charge in [0.1, 0.15) is 0 Å². The smallest absolute Gasteiger partial charge is 0.191 e.